The van der Waals surface area contributed by atoms with Crippen molar-refractivity contribution < 1.29 is 4.39 Å². The topological polar surface area (TPSA) is 0 Å². The lowest BCUT2D eigenvalue weighted by molar-refractivity contribution is 0.620. The number of fused-ring (bicyclic) bond motifs is 9. The van der Waals surface area contributed by atoms with Crippen molar-refractivity contribution in [3.63, 3.8) is 0 Å². The molecule has 1 spiro atoms. The Kier molecular flexibility index (Phi) is 3.58. The molecular weight excluding hydrogens is 415 g/mol. The second kappa shape index (κ2) is 6.31. The van der Waals surface area contributed by atoms with Crippen LogP contribution in [0.2, 0.25) is 5.02 Å². The van der Waals surface area contributed by atoms with Crippen molar-refractivity contribution in [1.29, 1.82) is 0 Å². The molecule has 7 rings (SSSR count). The van der Waals surface area contributed by atoms with Crippen LogP contribution in [0.15, 0.2) is 103 Å². The average Bonchev–Trinajstić information content (AvgIpc) is 3.48. The van der Waals surface area contributed by atoms with Gasteiger partial charge in [0.05, 0.1) is 5.41 Å². The van der Waals surface area contributed by atoms with E-state index in [1.54, 1.807) is 12.1 Å². The third-order valence-electron chi connectivity index (χ3n) is 7.28. The van der Waals surface area contributed by atoms with Crippen molar-refractivity contribution >= 4 is 17.2 Å². The number of allylic oxidation sites excluding steroid dienone is 4. The molecule has 0 aromatic heterocycles. The summed E-state index contributed by atoms with van der Waals surface area (Å²) in [7, 11) is 0. The highest BCUT2D eigenvalue weighted by Gasteiger charge is 2.54. The van der Waals surface area contributed by atoms with E-state index in [1.807, 2.05) is 18.2 Å². The maximum atomic E-state index is 14.7. The first kappa shape index (κ1) is 18.2. The monoisotopic (exact) mass is 432 g/mol. The normalized spacial score (nSPS) is 19.3. The molecule has 0 saturated carbocycles. The van der Waals surface area contributed by atoms with Crippen LogP contribution in [-0.2, 0) is 5.41 Å². The van der Waals surface area contributed by atoms with Gasteiger partial charge in [0, 0.05) is 5.02 Å². The van der Waals surface area contributed by atoms with Gasteiger partial charge in [0.25, 0.3) is 0 Å². The third kappa shape index (κ3) is 2.12. The maximum Gasteiger partial charge on any atom is 0.123 e. The quantitative estimate of drug-likeness (QED) is 0.284. The molecule has 1 unspecified atom stereocenters. The Bertz CT molecular complexity index is 1510. The Balaban J connectivity index is 1.67. The van der Waals surface area contributed by atoms with Crippen molar-refractivity contribution in [2.45, 2.75) is 11.8 Å². The molecule has 3 aliphatic rings. The Morgan fingerprint density at radius 2 is 1.50 bits per heavy atom. The van der Waals surface area contributed by atoms with E-state index in [-0.39, 0.29) is 5.82 Å². The van der Waals surface area contributed by atoms with Crippen LogP contribution in [0.4, 0.5) is 4.39 Å². The standard InChI is InChI=1S/C30H18ClF/c31-19-13-11-18(12-14-19)21-6-3-8-25-23-5-1-2-9-26(23)30(29(21)25)27-10-4-7-22(27)24-16-15-20(32)17-28(24)30/h1-9,11-17H,10H2. The SMILES string of the molecule is Fc1ccc2c(c1)C1(C3=C2C=CC3)c2ccccc2-c2cccc(-c3ccc(Cl)cc3)c21. The summed E-state index contributed by atoms with van der Waals surface area (Å²) < 4.78 is 14.7. The minimum atomic E-state index is -0.488. The molecule has 0 amide bonds. The van der Waals surface area contributed by atoms with E-state index in [4.69, 9.17) is 11.6 Å². The molecule has 0 aliphatic heterocycles. The summed E-state index contributed by atoms with van der Waals surface area (Å²) in [6, 6.07) is 28.5. The van der Waals surface area contributed by atoms with Gasteiger partial charge in [-0.15, -0.1) is 0 Å². The van der Waals surface area contributed by atoms with Crippen LogP contribution < -0.4 is 0 Å². The number of halogens is 2. The van der Waals surface area contributed by atoms with Crippen LogP contribution >= 0.6 is 11.6 Å². The van der Waals surface area contributed by atoms with Crippen molar-refractivity contribution in [3.05, 3.63) is 136 Å². The van der Waals surface area contributed by atoms with Crippen LogP contribution in [0.25, 0.3) is 27.8 Å². The van der Waals surface area contributed by atoms with Crippen LogP contribution in [0.1, 0.15) is 28.7 Å². The van der Waals surface area contributed by atoms with Crippen LogP contribution in [-0.4, -0.2) is 0 Å². The lowest BCUT2D eigenvalue weighted by atomic mass is 9.67. The molecule has 32 heavy (non-hydrogen) atoms. The summed E-state index contributed by atoms with van der Waals surface area (Å²) in [5.41, 5.74) is 11.6. The first-order chi connectivity index (χ1) is 15.7. The Hall–Kier alpha value is -3.42. The first-order valence-corrected chi connectivity index (χ1v) is 11.3. The van der Waals surface area contributed by atoms with Gasteiger partial charge in [-0.1, -0.05) is 84.4 Å². The molecule has 0 saturated heterocycles. The minimum Gasteiger partial charge on any atom is -0.207 e. The van der Waals surface area contributed by atoms with E-state index in [9.17, 15) is 4.39 Å². The van der Waals surface area contributed by atoms with Gasteiger partial charge in [0.2, 0.25) is 0 Å². The van der Waals surface area contributed by atoms with Gasteiger partial charge < -0.3 is 0 Å². The molecule has 4 aromatic carbocycles. The number of hydrogen-bond acceptors (Lipinski definition) is 0. The predicted molar refractivity (Wildman–Crippen MR) is 129 cm³/mol. The third-order valence-corrected chi connectivity index (χ3v) is 7.53. The fraction of sp³-hybridized carbons (Fsp3) is 0.0667. The summed E-state index contributed by atoms with van der Waals surface area (Å²) in [6.45, 7) is 0. The minimum absolute atomic E-state index is 0.191. The van der Waals surface area contributed by atoms with Crippen molar-refractivity contribution in [2.24, 2.45) is 0 Å². The number of benzene rings is 4. The van der Waals surface area contributed by atoms with Crippen LogP contribution in [0, 0.1) is 5.82 Å². The van der Waals surface area contributed by atoms with Gasteiger partial charge in [0.1, 0.15) is 5.82 Å². The molecule has 1 atom stereocenters. The number of hydrogen-bond donors (Lipinski definition) is 0. The van der Waals surface area contributed by atoms with Gasteiger partial charge in [-0.3, -0.25) is 0 Å². The molecule has 0 nitrogen and oxygen atoms in total. The first-order valence-electron chi connectivity index (χ1n) is 10.9. The van der Waals surface area contributed by atoms with Gasteiger partial charge in [-0.05, 0) is 86.3 Å². The predicted octanol–water partition coefficient (Wildman–Crippen LogP) is 8.19. The summed E-state index contributed by atoms with van der Waals surface area (Å²) in [5.74, 6) is -0.191. The van der Waals surface area contributed by atoms with E-state index >= 15 is 0 Å². The highest BCUT2D eigenvalue weighted by Crippen LogP contribution is 2.65. The lowest BCUT2D eigenvalue weighted by Gasteiger charge is -2.33. The molecule has 0 heterocycles. The Morgan fingerprint density at radius 1 is 0.719 bits per heavy atom. The molecule has 4 aromatic rings. The molecule has 0 radical (unpaired) electrons. The molecule has 3 aliphatic carbocycles. The summed E-state index contributed by atoms with van der Waals surface area (Å²) in [5, 5.41) is 0.720. The van der Waals surface area contributed by atoms with Crippen LogP contribution in [0.3, 0.4) is 0 Å². The van der Waals surface area contributed by atoms with Crippen molar-refractivity contribution in [1.82, 2.24) is 0 Å². The molecule has 0 N–H and O–H groups in total. The van der Waals surface area contributed by atoms with Crippen LogP contribution in [0.5, 0.6) is 0 Å². The second-order valence-electron chi connectivity index (χ2n) is 8.72. The molecular formula is C30H18ClF. The fourth-order valence-corrected chi connectivity index (χ4v) is 6.29. The highest BCUT2D eigenvalue weighted by molar-refractivity contribution is 6.30. The number of rotatable bonds is 1. The fourth-order valence-electron chi connectivity index (χ4n) is 6.16. The molecule has 0 fully saturated rings. The Labute approximate surface area is 191 Å². The van der Waals surface area contributed by atoms with E-state index in [0.29, 0.717) is 0 Å². The van der Waals surface area contributed by atoms with Gasteiger partial charge in [-0.25, -0.2) is 4.39 Å². The molecule has 2 heteroatoms. The molecule has 0 bridgehead atoms. The zero-order valence-electron chi connectivity index (χ0n) is 17.2. The maximum absolute atomic E-state index is 14.7. The van der Waals surface area contributed by atoms with E-state index in [0.717, 1.165) is 28.1 Å². The summed E-state index contributed by atoms with van der Waals surface area (Å²) >= 11 is 6.21. The van der Waals surface area contributed by atoms with E-state index in [1.165, 1.54) is 39.0 Å². The zero-order chi connectivity index (χ0) is 21.4. The lowest BCUT2D eigenvalue weighted by Crippen LogP contribution is -2.28. The van der Waals surface area contributed by atoms with Gasteiger partial charge in [0.15, 0.2) is 0 Å². The zero-order valence-corrected chi connectivity index (χ0v) is 18.0. The van der Waals surface area contributed by atoms with E-state index < -0.39 is 5.41 Å². The largest absolute Gasteiger partial charge is 0.207 e. The van der Waals surface area contributed by atoms with E-state index in [2.05, 4.69) is 66.7 Å². The summed E-state index contributed by atoms with van der Waals surface area (Å²) in [6.07, 6.45) is 5.32. The highest BCUT2D eigenvalue weighted by atomic mass is 35.5. The second-order valence-corrected chi connectivity index (χ2v) is 9.16. The van der Waals surface area contributed by atoms with Crippen molar-refractivity contribution in [2.75, 3.05) is 0 Å². The Morgan fingerprint density at radius 3 is 2.38 bits per heavy atom. The molecule has 152 valence electrons. The summed E-state index contributed by atoms with van der Waals surface area (Å²) in [4.78, 5) is 0. The van der Waals surface area contributed by atoms with Crippen molar-refractivity contribution in [3.8, 4) is 22.3 Å². The van der Waals surface area contributed by atoms with Gasteiger partial charge in [-0.2, -0.15) is 0 Å². The smallest absolute Gasteiger partial charge is 0.123 e. The van der Waals surface area contributed by atoms with Gasteiger partial charge >= 0.3 is 0 Å². The average molecular weight is 433 g/mol.